The fraction of sp³-hybridized carbons (Fsp3) is 0.391. The van der Waals surface area contributed by atoms with E-state index >= 15 is 0 Å². The molecular weight excluding hydrogens is 1350 g/mol. The van der Waals surface area contributed by atoms with Crippen LogP contribution in [-0.4, -0.2) is 119 Å². The lowest BCUT2D eigenvalue weighted by Gasteiger charge is -2.29. The van der Waals surface area contributed by atoms with Gasteiger partial charge < -0.3 is 18.9 Å². The van der Waals surface area contributed by atoms with Gasteiger partial charge in [-0.15, -0.1) is 0 Å². The molecule has 5 aliphatic rings. The highest BCUT2D eigenvalue weighted by Crippen LogP contribution is 2.46. The van der Waals surface area contributed by atoms with E-state index in [1.807, 2.05) is 0 Å². The molecule has 1 aliphatic carbocycles. The minimum Gasteiger partial charge on any atom is -0.493 e. The molecule has 0 saturated heterocycles. The van der Waals surface area contributed by atoms with Gasteiger partial charge in [-0.1, -0.05) is 180 Å². The van der Waals surface area contributed by atoms with Crippen LogP contribution in [0.15, 0.2) is 146 Å². The largest absolute Gasteiger partial charge is 0.493 e. The van der Waals surface area contributed by atoms with Crippen molar-refractivity contribution in [1.82, 2.24) is 19.6 Å². The van der Waals surface area contributed by atoms with Crippen molar-refractivity contribution in [2.24, 2.45) is 0 Å². The molecule has 0 spiro atoms. The van der Waals surface area contributed by atoms with E-state index in [0.29, 0.717) is 145 Å². The molecule has 8 aromatic rings. The highest BCUT2D eigenvalue weighted by molar-refractivity contribution is 6.23. The van der Waals surface area contributed by atoms with Crippen LogP contribution in [0.4, 0.5) is 0 Å². The van der Waals surface area contributed by atoms with Crippen molar-refractivity contribution in [2.75, 3.05) is 52.6 Å². The Bertz CT molecular complexity index is 4070. The van der Waals surface area contributed by atoms with E-state index in [-0.39, 0.29) is 122 Å². The van der Waals surface area contributed by atoms with Crippen LogP contribution >= 0.6 is 0 Å². The number of rotatable bonds is 24. The van der Waals surface area contributed by atoms with E-state index in [0.717, 1.165) is 66.8 Å². The van der Waals surface area contributed by atoms with Crippen molar-refractivity contribution >= 4 is 47.3 Å². The Morgan fingerprint density at radius 2 is 0.389 bits per heavy atom. The molecule has 0 aromatic heterocycles. The predicted octanol–water partition coefficient (Wildman–Crippen LogP) is 17.4. The number of imide groups is 4. The number of carbonyl (C=O) groups is 8. The summed E-state index contributed by atoms with van der Waals surface area (Å²) in [7, 11) is 0. The normalized spacial score (nSPS) is 15.0. The average Bonchev–Trinajstić information content (AvgIpc) is 0.888. The molecule has 8 amide bonds. The van der Waals surface area contributed by atoms with Crippen molar-refractivity contribution in [2.45, 2.75) is 182 Å². The van der Waals surface area contributed by atoms with Crippen LogP contribution < -0.4 is 18.9 Å². The molecular formula is C92H100N4O12. The van der Waals surface area contributed by atoms with Crippen molar-refractivity contribution in [1.29, 1.82) is 0 Å². The molecule has 4 heterocycles. The topological polar surface area (TPSA) is 186 Å². The van der Waals surface area contributed by atoms with Gasteiger partial charge in [-0.25, -0.2) is 0 Å². The Balaban J connectivity index is 0.936. The fourth-order valence-electron chi connectivity index (χ4n) is 15.3. The zero-order chi connectivity index (χ0) is 76.7. The van der Waals surface area contributed by atoms with E-state index in [9.17, 15) is 38.4 Å². The number of fused-ring (bicyclic) bond motifs is 12. The van der Waals surface area contributed by atoms with Gasteiger partial charge in [0, 0.05) is 51.9 Å². The molecule has 16 heteroatoms. The van der Waals surface area contributed by atoms with E-state index < -0.39 is 0 Å². The Labute approximate surface area is 635 Å². The zero-order valence-corrected chi connectivity index (χ0v) is 64.7. The van der Waals surface area contributed by atoms with Crippen molar-refractivity contribution in [3.8, 4) is 23.0 Å². The molecule has 13 rings (SSSR count). The van der Waals surface area contributed by atoms with Gasteiger partial charge in [-0.05, 0) is 188 Å². The maximum absolute atomic E-state index is 13.7. The smallest absolute Gasteiger partial charge is 0.261 e. The zero-order valence-electron chi connectivity index (χ0n) is 64.7. The summed E-state index contributed by atoms with van der Waals surface area (Å²) in [5, 5.41) is 0. The van der Waals surface area contributed by atoms with Crippen molar-refractivity contribution in [3.05, 3.63) is 257 Å². The van der Waals surface area contributed by atoms with Crippen LogP contribution in [0, 0.1) is 0 Å². The molecule has 4 aliphatic heterocycles. The quantitative estimate of drug-likeness (QED) is 0.0412. The SMILES string of the molecule is CC(C)(C)c1cc2c(OCCCCN3C(=O)c4ccccc4C3=O)c(c1)Cc1cc(C(C)(C)C)cc(c1OCCCCN1C(=O)c3ccccc3C1=O)Cc1cc(C(C)(C)C)cc(c1OCCCCN1C(=O)c3ccccc3C1=O)Cc1cc(C(C)(C)C)cc(c1OCCCCN1C(=O)c3ccccc3C1=O)C2. The first-order valence-electron chi connectivity index (χ1n) is 38.4. The Morgan fingerprint density at radius 1 is 0.241 bits per heavy atom. The molecule has 0 atom stereocenters. The minimum atomic E-state index is -0.359. The summed E-state index contributed by atoms with van der Waals surface area (Å²) in [6.07, 6.45) is 5.58. The van der Waals surface area contributed by atoms with Crippen LogP contribution in [-0.2, 0) is 47.3 Å². The van der Waals surface area contributed by atoms with E-state index in [1.54, 1.807) is 97.1 Å². The van der Waals surface area contributed by atoms with Crippen LogP contribution in [0.5, 0.6) is 23.0 Å². The number of carbonyl (C=O) groups excluding carboxylic acids is 8. The molecule has 108 heavy (non-hydrogen) atoms. The minimum absolute atomic E-state index is 0.228. The highest BCUT2D eigenvalue weighted by atomic mass is 16.5. The summed E-state index contributed by atoms with van der Waals surface area (Å²) < 4.78 is 29.4. The summed E-state index contributed by atoms with van der Waals surface area (Å²) in [5.74, 6) is 0.453. The predicted molar refractivity (Wildman–Crippen MR) is 418 cm³/mol. The number of hydrogen-bond donors (Lipinski definition) is 0. The molecule has 0 unspecified atom stereocenters. The lowest BCUT2D eigenvalue weighted by atomic mass is 9.79. The third-order valence-electron chi connectivity index (χ3n) is 21.6. The molecule has 16 nitrogen and oxygen atoms in total. The first-order chi connectivity index (χ1) is 51.4. The number of amides is 8. The molecule has 8 bridgehead atoms. The second-order valence-corrected chi connectivity index (χ2v) is 33.7. The Kier molecular flexibility index (Phi) is 21.5. The first-order valence-corrected chi connectivity index (χ1v) is 38.4. The summed E-state index contributed by atoms with van der Waals surface area (Å²) in [6.45, 7) is 28.6. The summed E-state index contributed by atoms with van der Waals surface area (Å²) >= 11 is 0. The monoisotopic (exact) mass is 1450 g/mol. The molecule has 560 valence electrons. The third-order valence-corrected chi connectivity index (χ3v) is 21.6. The van der Waals surface area contributed by atoms with Crippen molar-refractivity contribution in [3.63, 3.8) is 0 Å². The Morgan fingerprint density at radius 3 is 0.528 bits per heavy atom. The third kappa shape index (κ3) is 15.6. The fourth-order valence-corrected chi connectivity index (χ4v) is 15.3. The van der Waals surface area contributed by atoms with Crippen LogP contribution in [0.2, 0.25) is 0 Å². The average molecular weight is 1450 g/mol. The van der Waals surface area contributed by atoms with Crippen LogP contribution in [0.1, 0.15) is 284 Å². The molecule has 0 saturated carbocycles. The maximum Gasteiger partial charge on any atom is 0.261 e. The second-order valence-electron chi connectivity index (χ2n) is 33.7. The number of nitrogens with zero attached hydrogens (tertiary/aromatic N) is 4. The number of benzene rings is 8. The number of unbranched alkanes of at least 4 members (excludes halogenated alkanes) is 4. The van der Waals surface area contributed by atoms with E-state index in [2.05, 4.69) is 132 Å². The van der Waals surface area contributed by atoms with Gasteiger partial charge in [-0.3, -0.25) is 58.0 Å². The van der Waals surface area contributed by atoms with E-state index in [4.69, 9.17) is 18.9 Å². The molecule has 0 radical (unpaired) electrons. The lowest BCUT2D eigenvalue weighted by molar-refractivity contribution is 0.0634. The number of hydrogen-bond acceptors (Lipinski definition) is 12. The van der Waals surface area contributed by atoms with Gasteiger partial charge in [0.25, 0.3) is 47.3 Å². The van der Waals surface area contributed by atoms with Crippen LogP contribution in [0.3, 0.4) is 0 Å². The standard InChI is InChI=1S/C92H100N4O12/c1-89(2,3)65-49-57-45-59-51-66(90(4,5)6)53-61(78(59)106-42-26-22-38-94-83(99)71-31-15-16-32-72(71)84(94)100)47-63-55-68(92(10,11)12)56-64(80(63)108-44-28-24-40-96-87(103)75-35-19-20-36-76(75)88(96)104)48-62-54-67(91(7,8)9)52-60(79(62)107-43-27-23-39-95-85(101)73-33-17-18-34-74(73)86(95)102)46-58(50-65)77(57)105-41-25-21-37-93-81(97)69-29-13-14-30-70(69)82(93)98/h13-20,29-36,49-56H,21-28,37-48H2,1-12H3. The van der Waals surface area contributed by atoms with E-state index in [1.165, 1.54) is 19.6 Å². The van der Waals surface area contributed by atoms with Gasteiger partial charge in [0.15, 0.2) is 0 Å². The maximum atomic E-state index is 13.7. The summed E-state index contributed by atoms with van der Waals surface area (Å²) in [6, 6.07) is 46.0. The number of ether oxygens (including phenoxy) is 4. The molecule has 8 aromatic carbocycles. The van der Waals surface area contributed by atoms with Crippen molar-refractivity contribution < 1.29 is 57.3 Å². The van der Waals surface area contributed by atoms with Gasteiger partial charge >= 0.3 is 0 Å². The Hall–Kier alpha value is -10.5. The van der Waals surface area contributed by atoms with Gasteiger partial charge in [0.05, 0.1) is 70.9 Å². The van der Waals surface area contributed by atoms with Gasteiger partial charge in [0.2, 0.25) is 0 Å². The molecule has 0 fully saturated rings. The summed E-state index contributed by atoms with van der Waals surface area (Å²) in [4.78, 5) is 115. The first kappa shape index (κ1) is 75.7. The lowest BCUT2D eigenvalue weighted by Crippen LogP contribution is -2.30. The van der Waals surface area contributed by atoms with Crippen LogP contribution in [0.25, 0.3) is 0 Å². The second kappa shape index (κ2) is 30.6. The molecule has 0 N–H and O–H groups in total. The van der Waals surface area contributed by atoms with Gasteiger partial charge in [-0.2, -0.15) is 0 Å². The summed E-state index contributed by atoms with van der Waals surface area (Å²) in [5.41, 5.74) is 13.7. The highest BCUT2D eigenvalue weighted by Gasteiger charge is 2.39. The van der Waals surface area contributed by atoms with Gasteiger partial charge in [0.1, 0.15) is 23.0 Å².